The molecule has 0 bridgehead atoms. The highest BCUT2D eigenvalue weighted by atomic mass is 79.9. The number of hydrogen-bond acceptors (Lipinski definition) is 2. The molecule has 7 heteroatoms. The van der Waals surface area contributed by atoms with E-state index in [1.54, 1.807) is 6.07 Å². The van der Waals surface area contributed by atoms with E-state index in [4.69, 9.17) is 0 Å². The Morgan fingerprint density at radius 1 is 1.33 bits per heavy atom. The highest BCUT2D eigenvalue weighted by molar-refractivity contribution is 9.10. The molecule has 0 amide bonds. The average molecular weight is 329 g/mol. The predicted molar refractivity (Wildman–Crippen MR) is 59.7 cm³/mol. The molecule has 18 heavy (non-hydrogen) atoms. The molecule has 0 atom stereocenters. The Morgan fingerprint density at radius 2 is 2.00 bits per heavy atom. The Balaban J connectivity index is 2.45. The number of alkyl halides is 3. The fourth-order valence-electron chi connectivity index (χ4n) is 1.21. The van der Waals surface area contributed by atoms with Gasteiger partial charge >= 0.3 is 6.18 Å². The Hall–Kier alpha value is -0.950. The molecule has 0 aliphatic heterocycles. The van der Waals surface area contributed by atoms with Gasteiger partial charge in [-0.05, 0) is 17.7 Å². The van der Waals surface area contributed by atoms with Gasteiger partial charge in [0.2, 0.25) is 0 Å². The number of benzene rings is 1. The SMILES string of the molecule is O=C(COCC(F)(F)F)Cc1ccc(Br)cc1F. The molecular formula is C11H9BrF4O2. The Bertz CT molecular complexity index is 432. The van der Waals surface area contributed by atoms with Crippen LogP contribution in [0.1, 0.15) is 5.56 Å². The third kappa shape index (κ3) is 5.59. The largest absolute Gasteiger partial charge is 0.411 e. The molecule has 1 rings (SSSR count). The second-order valence-corrected chi connectivity index (χ2v) is 4.47. The van der Waals surface area contributed by atoms with Gasteiger partial charge in [0.05, 0.1) is 0 Å². The van der Waals surface area contributed by atoms with E-state index in [9.17, 15) is 22.4 Å². The number of Topliss-reactive ketones (excluding diaryl/α,β-unsaturated/α-hetero) is 1. The normalized spacial score (nSPS) is 11.6. The van der Waals surface area contributed by atoms with Crippen LogP contribution in [0.3, 0.4) is 0 Å². The zero-order chi connectivity index (χ0) is 13.8. The molecule has 0 N–H and O–H groups in total. The summed E-state index contributed by atoms with van der Waals surface area (Å²) in [5.41, 5.74) is 0.124. The highest BCUT2D eigenvalue weighted by Gasteiger charge is 2.27. The van der Waals surface area contributed by atoms with E-state index in [-0.39, 0.29) is 12.0 Å². The lowest BCUT2D eigenvalue weighted by Gasteiger charge is -2.07. The summed E-state index contributed by atoms with van der Waals surface area (Å²) in [6.07, 6.45) is -4.76. The predicted octanol–water partition coefficient (Wildman–Crippen LogP) is 3.28. The van der Waals surface area contributed by atoms with Crippen molar-refractivity contribution in [1.82, 2.24) is 0 Å². The second-order valence-electron chi connectivity index (χ2n) is 3.56. The summed E-state index contributed by atoms with van der Waals surface area (Å²) in [6.45, 7) is -2.17. The van der Waals surface area contributed by atoms with E-state index in [1.165, 1.54) is 12.1 Å². The third-order valence-corrected chi connectivity index (χ3v) is 2.42. The summed E-state index contributed by atoms with van der Waals surface area (Å²) in [4.78, 5) is 11.3. The standard InChI is InChI=1S/C11H9BrF4O2/c12-8-2-1-7(10(13)4-8)3-9(17)5-18-6-11(14,15)16/h1-2,4H,3,5-6H2. The summed E-state index contributed by atoms with van der Waals surface area (Å²) in [6, 6.07) is 4.11. The molecule has 1 aromatic rings. The number of ketones is 1. The molecule has 0 saturated heterocycles. The molecule has 1 aromatic carbocycles. The highest BCUT2D eigenvalue weighted by Crippen LogP contribution is 2.17. The van der Waals surface area contributed by atoms with Gasteiger partial charge in [0.25, 0.3) is 0 Å². The smallest absolute Gasteiger partial charge is 0.364 e. The molecule has 0 unspecified atom stereocenters. The van der Waals surface area contributed by atoms with Crippen molar-refractivity contribution < 1.29 is 27.1 Å². The van der Waals surface area contributed by atoms with E-state index in [2.05, 4.69) is 20.7 Å². The maximum Gasteiger partial charge on any atom is 0.411 e. The van der Waals surface area contributed by atoms with Crippen molar-refractivity contribution in [2.45, 2.75) is 12.6 Å². The van der Waals surface area contributed by atoms with Gasteiger partial charge in [0.15, 0.2) is 5.78 Å². The number of carbonyl (C=O) groups is 1. The van der Waals surface area contributed by atoms with Crippen LogP contribution in [-0.4, -0.2) is 25.2 Å². The van der Waals surface area contributed by atoms with Gasteiger partial charge in [-0.2, -0.15) is 13.2 Å². The average Bonchev–Trinajstić information content (AvgIpc) is 2.20. The first kappa shape index (κ1) is 15.1. The van der Waals surface area contributed by atoms with Crippen molar-refractivity contribution in [3.63, 3.8) is 0 Å². The monoisotopic (exact) mass is 328 g/mol. The lowest BCUT2D eigenvalue weighted by Crippen LogP contribution is -2.21. The summed E-state index contributed by atoms with van der Waals surface area (Å²) in [5.74, 6) is -1.20. The minimum Gasteiger partial charge on any atom is -0.364 e. The number of carbonyl (C=O) groups excluding carboxylic acids is 1. The lowest BCUT2D eigenvalue weighted by molar-refractivity contribution is -0.175. The van der Waals surface area contributed by atoms with E-state index in [0.29, 0.717) is 4.47 Å². The first-order valence-corrected chi connectivity index (χ1v) is 5.67. The molecule has 0 heterocycles. The molecule has 0 saturated carbocycles. The van der Waals surface area contributed by atoms with Gasteiger partial charge in [-0.1, -0.05) is 22.0 Å². The number of ether oxygens (including phenoxy) is 1. The van der Waals surface area contributed by atoms with Crippen molar-refractivity contribution in [3.05, 3.63) is 34.1 Å². The van der Waals surface area contributed by atoms with Crippen molar-refractivity contribution >= 4 is 21.7 Å². The van der Waals surface area contributed by atoms with Crippen molar-refractivity contribution in [3.8, 4) is 0 Å². The van der Waals surface area contributed by atoms with Gasteiger partial charge in [0, 0.05) is 10.9 Å². The van der Waals surface area contributed by atoms with Crippen LogP contribution in [0.15, 0.2) is 22.7 Å². The van der Waals surface area contributed by atoms with Crippen LogP contribution in [-0.2, 0) is 16.0 Å². The first-order valence-electron chi connectivity index (χ1n) is 4.88. The zero-order valence-corrected chi connectivity index (χ0v) is 10.6. The van der Waals surface area contributed by atoms with Gasteiger partial charge < -0.3 is 4.74 Å². The zero-order valence-electron chi connectivity index (χ0n) is 9.06. The van der Waals surface area contributed by atoms with Crippen LogP contribution in [0.5, 0.6) is 0 Å². The Morgan fingerprint density at radius 3 is 2.56 bits per heavy atom. The fourth-order valence-corrected chi connectivity index (χ4v) is 1.54. The molecule has 2 nitrogen and oxygen atoms in total. The van der Waals surface area contributed by atoms with Gasteiger partial charge in [-0.15, -0.1) is 0 Å². The maximum atomic E-state index is 13.3. The molecule has 0 aliphatic rings. The van der Waals surface area contributed by atoms with Gasteiger partial charge in [-0.25, -0.2) is 4.39 Å². The van der Waals surface area contributed by atoms with Crippen LogP contribution in [0.2, 0.25) is 0 Å². The van der Waals surface area contributed by atoms with Crippen LogP contribution in [0, 0.1) is 5.82 Å². The van der Waals surface area contributed by atoms with E-state index in [1.807, 2.05) is 0 Å². The summed E-state index contributed by atoms with van der Waals surface area (Å²) in [7, 11) is 0. The topological polar surface area (TPSA) is 26.3 Å². The number of hydrogen-bond donors (Lipinski definition) is 0. The lowest BCUT2D eigenvalue weighted by atomic mass is 10.1. The first-order chi connectivity index (χ1) is 8.28. The quantitative estimate of drug-likeness (QED) is 0.775. The molecule has 0 aliphatic carbocycles. The molecule has 0 radical (unpaired) electrons. The fraction of sp³-hybridized carbons (Fsp3) is 0.364. The summed E-state index contributed by atoms with van der Waals surface area (Å²) in [5, 5.41) is 0. The van der Waals surface area contributed by atoms with Crippen LogP contribution < -0.4 is 0 Å². The van der Waals surface area contributed by atoms with Crippen molar-refractivity contribution in [2.24, 2.45) is 0 Å². The second kappa shape index (κ2) is 6.29. The minimum atomic E-state index is -4.47. The van der Waals surface area contributed by atoms with Crippen LogP contribution in [0.4, 0.5) is 17.6 Å². The Labute approximate surface area is 109 Å². The molecule has 100 valence electrons. The number of halogens is 5. The van der Waals surface area contributed by atoms with E-state index < -0.39 is 31.0 Å². The summed E-state index contributed by atoms with van der Waals surface area (Å²) < 4.78 is 53.2. The van der Waals surface area contributed by atoms with Crippen LogP contribution in [0.25, 0.3) is 0 Å². The minimum absolute atomic E-state index is 0.124. The Kier molecular flexibility index (Phi) is 5.28. The van der Waals surface area contributed by atoms with E-state index >= 15 is 0 Å². The molecular weight excluding hydrogens is 320 g/mol. The summed E-state index contributed by atoms with van der Waals surface area (Å²) >= 11 is 3.05. The molecule has 0 aromatic heterocycles. The van der Waals surface area contributed by atoms with Crippen LogP contribution >= 0.6 is 15.9 Å². The van der Waals surface area contributed by atoms with Crippen molar-refractivity contribution in [2.75, 3.05) is 13.2 Å². The third-order valence-electron chi connectivity index (χ3n) is 1.93. The molecule has 0 spiro atoms. The van der Waals surface area contributed by atoms with E-state index in [0.717, 1.165) is 0 Å². The van der Waals surface area contributed by atoms with Crippen molar-refractivity contribution in [1.29, 1.82) is 0 Å². The maximum absolute atomic E-state index is 13.3. The number of rotatable bonds is 5. The van der Waals surface area contributed by atoms with Gasteiger partial charge in [0.1, 0.15) is 19.0 Å². The molecule has 0 fully saturated rings. The van der Waals surface area contributed by atoms with Gasteiger partial charge in [-0.3, -0.25) is 4.79 Å².